The molecule has 1 amide bonds. The molecular formula is C15H20N4O2. The van der Waals surface area contributed by atoms with Gasteiger partial charge in [-0.15, -0.1) is 5.10 Å². The third-order valence-corrected chi connectivity index (χ3v) is 3.25. The average molecular weight is 288 g/mol. The van der Waals surface area contributed by atoms with Crippen LogP contribution in [0.4, 0.5) is 0 Å². The van der Waals surface area contributed by atoms with Crippen molar-refractivity contribution in [1.82, 2.24) is 20.3 Å². The van der Waals surface area contributed by atoms with E-state index in [1.54, 1.807) is 29.2 Å². The first-order chi connectivity index (χ1) is 10.1. The number of aryl methyl sites for hydroxylation is 2. The van der Waals surface area contributed by atoms with Crippen molar-refractivity contribution >= 4 is 5.91 Å². The Balaban J connectivity index is 1.67. The van der Waals surface area contributed by atoms with Gasteiger partial charge in [0.25, 0.3) is 0 Å². The third-order valence-electron chi connectivity index (χ3n) is 3.25. The van der Waals surface area contributed by atoms with Crippen molar-refractivity contribution < 1.29 is 9.90 Å². The Morgan fingerprint density at radius 1 is 1.38 bits per heavy atom. The van der Waals surface area contributed by atoms with E-state index in [4.69, 9.17) is 0 Å². The van der Waals surface area contributed by atoms with Gasteiger partial charge in [0.05, 0.1) is 12.7 Å². The average Bonchev–Trinajstić information content (AvgIpc) is 2.98. The van der Waals surface area contributed by atoms with Crippen LogP contribution in [-0.4, -0.2) is 32.0 Å². The molecule has 2 rings (SSSR count). The number of phenols is 1. The molecule has 1 aromatic carbocycles. The molecule has 2 N–H and O–H groups in total. The lowest BCUT2D eigenvalue weighted by atomic mass is 10.1. The lowest BCUT2D eigenvalue weighted by Gasteiger charge is -2.14. The zero-order valence-electron chi connectivity index (χ0n) is 12.1. The van der Waals surface area contributed by atoms with Crippen LogP contribution in [0.1, 0.15) is 25.3 Å². The fourth-order valence-corrected chi connectivity index (χ4v) is 2.03. The number of aromatic hydroxyl groups is 1. The molecule has 1 heterocycles. The van der Waals surface area contributed by atoms with Gasteiger partial charge in [-0.3, -0.25) is 9.48 Å². The maximum absolute atomic E-state index is 11.8. The Labute approximate surface area is 123 Å². The summed E-state index contributed by atoms with van der Waals surface area (Å²) in [6, 6.07) is 7.26. The number of amides is 1. The normalized spacial score (nSPS) is 12.0. The van der Waals surface area contributed by atoms with Gasteiger partial charge < -0.3 is 10.4 Å². The second-order valence-corrected chi connectivity index (χ2v) is 5.09. The highest BCUT2D eigenvalue weighted by Crippen LogP contribution is 2.11. The van der Waals surface area contributed by atoms with Crippen molar-refractivity contribution in [2.24, 2.45) is 0 Å². The molecule has 0 radical (unpaired) electrons. The van der Waals surface area contributed by atoms with E-state index in [2.05, 4.69) is 15.6 Å². The Kier molecular flexibility index (Phi) is 5.31. The number of nitrogens with one attached hydrogen (secondary N) is 1. The molecule has 21 heavy (non-hydrogen) atoms. The summed E-state index contributed by atoms with van der Waals surface area (Å²) in [6.07, 6.45) is 5.46. The molecule has 0 aliphatic heterocycles. The van der Waals surface area contributed by atoms with Crippen molar-refractivity contribution in [3.63, 3.8) is 0 Å². The molecule has 2 aromatic rings. The smallest absolute Gasteiger partial charge is 0.222 e. The van der Waals surface area contributed by atoms with Crippen LogP contribution in [0.3, 0.4) is 0 Å². The first-order valence-electron chi connectivity index (χ1n) is 7.05. The predicted molar refractivity (Wildman–Crippen MR) is 78.7 cm³/mol. The molecule has 0 aliphatic carbocycles. The highest BCUT2D eigenvalue weighted by Gasteiger charge is 2.08. The standard InChI is InChI=1S/C15H20N4O2/c1-12(2-3-13-4-6-14(20)7-5-13)17-15(21)8-10-19-11-9-16-18-19/h4-7,9,11-12,20H,2-3,8,10H2,1H3,(H,17,21)/t12-/m1/s1. The van der Waals surface area contributed by atoms with Crippen LogP contribution < -0.4 is 5.32 Å². The lowest BCUT2D eigenvalue weighted by molar-refractivity contribution is -0.122. The van der Waals surface area contributed by atoms with E-state index in [0.29, 0.717) is 13.0 Å². The topological polar surface area (TPSA) is 80.0 Å². The number of hydrogen-bond acceptors (Lipinski definition) is 4. The van der Waals surface area contributed by atoms with Gasteiger partial charge in [-0.25, -0.2) is 0 Å². The number of carbonyl (C=O) groups is 1. The number of rotatable bonds is 7. The minimum absolute atomic E-state index is 0.0173. The van der Waals surface area contributed by atoms with E-state index in [1.165, 1.54) is 0 Å². The Bertz CT molecular complexity index is 552. The van der Waals surface area contributed by atoms with Crippen LogP contribution in [0.2, 0.25) is 0 Å². The van der Waals surface area contributed by atoms with Crippen molar-refractivity contribution in [3.05, 3.63) is 42.2 Å². The van der Waals surface area contributed by atoms with Gasteiger partial charge >= 0.3 is 0 Å². The molecule has 0 aliphatic rings. The van der Waals surface area contributed by atoms with Crippen LogP contribution in [0.15, 0.2) is 36.7 Å². The first kappa shape index (κ1) is 15.0. The summed E-state index contributed by atoms with van der Waals surface area (Å²) >= 11 is 0. The summed E-state index contributed by atoms with van der Waals surface area (Å²) in [6.45, 7) is 2.53. The number of carbonyl (C=O) groups excluding carboxylic acids is 1. The molecule has 0 bridgehead atoms. The minimum atomic E-state index is 0.0173. The molecule has 0 fully saturated rings. The fourth-order valence-electron chi connectivity index (χ4n) is 2.03. The SMILES string of the molecule is C[C@H](CCc1ccc(O)cc1)NC(=O)CCn1ccnn1. The quantitative estimate of drug-likeness (QED) is 0.809. The molecule has 6 nitrogen and oxygen atoms in total. The second kappa shape index (κ2) is 7.42. The van der Waals surface area contributed by atoms with E-state index >= 15 is 0 Å². The van der Waals surface area contributed by atoms with Gasteiger partial charge in [-0.2, -0.15) is 0 Å². The van der Waals surface area contributed by atoms with Crippen LogP contribution in [0.5, 0.6) is 5.75 Å². The van der Waals surface area contributed by atoms with Gasteiger partial charge in [0.1, 0.15) is 5.75 Å². The number of benzene rings is 1. The van der Waals surface area contributed by atoms with Gasteiger partial charge in [-0.05, 0) is 37.5 Å². The maximum Gasteiger partial charge on any atom is 0.222 e. The summed E-state index contributed by atoms with van der Waals surface area (Å²) in [4.78, 5) is 11.8. The molecule has 112 valence electrons. The van der Waals surface area contributed by atoms with Crippen molar-refractivity contribution in [3.8, 4) is 5.75 Å². The van der Waals surface area contributed by atoms with E-state index in [1.807, 2.05) is 19.1 Å². The predicted octanol–water partition coefficient (Wildman–Crippen LogP) is 1.51. The molecule has 0 saturated heterocycles. The minimum Gasteiger partial charge on any atom is -0.508 e. The molecule has 1 atom stereocenters. The van der Waals surface area contributed by atoms with Gasteiger partial charge in [-0.1, -0.05) is 17.3 Å². The number of aromatic nitrogens is 3. The van der Waals surface area contributed by atoms with Crippen molar-refractivity contribution in [2.45, 2.75) is 38.8 Å². The summed E-state index contributed by atoms with van der Waals surface area (Å²) in [5, 5.41) is 19.7. The van der Waals surface area contributed by atoms with Gasteiger partial charge in [0.2, 0.25) is 5.91 Å². The lowest BCUT2D eigenvalue weighted by Crippen LogP contribution is -2.33. The molecular weight excluding hydrogens is 268 g/mol. The van der Waals surface area contributed by atoms with Crippen molar-refractivity contribution in [1.29, 1.82) is 0 Å². The zero-order valence-corrected chi connectivity index (χ0v) is 12.1. The molecule has 0 saturated carbocycles. The highest BCUT2D eigenvalue weighted by atomic mass is 16.3. The Hall–Kier alpha value is -2.37. The van der Waals surface area contributed by atoms with Gasteiger partial charge in [0.15, 0.2) is 0 Å². The zero-order chi connectivity index (χ0) is 15.1. The second-order valence-electron chi connectivity index (χ2n) is 5.09. The monoisotopic (exact) mass is 288 g/mol. The van der Waals surface area contributed by atoms with E-state index in [9.17, 15) is 9.90 Å². The summed E-state index contributed by atoms with van der Waals surface area (Å²) in [7, 11) is 0. The number of hydrogen-bond donors (Lipinski definition) is 2. The number of phenolic OH excluding ortho intramolecular Hbond substituents is 1. The Morgan fingerprint density at radius 2 is 2.14 bits per heavy atom. The Morgan fingerprint density at radius 3 is 2.81 bits per heavy atom. The van der Waals surface area contributed by atoms with E-state index < -0.39 is 0 Å². The molecule has 1 aromatic heterocycles. The largest absolute Gasteiger partial charge is 0.508 e. The highest BCUT2D eigenvalue weighted by molar-refractivity contribution is 5.76. The van der Waals surface area contributed by atoms with Crippen LogP contribution in [0, 0.1) is 0 Å². The summed E-state index contributed by atoms with van der Waals surface area (Å²) in [5.74, 6) is 0.289. The molecule has 0 spiro atoms. The van der Waals surface area contributed by atoms with Gasteiger partial charge in [0, 0.05) is 18.7 Å². The maximum atomic E-state index is 11.8. The summed E-state index contributed by atoms with van der Waals surface area (Å²) in [5.41, 5.74) is 1.15. The van der Waals surface area contributed by atoms with Crippen molar-refractivity contribution in [2.75, 3.05) is 0 Å². The van der Waals surface area contributed by atoms with E-state index in [-0.39, 0.29) is 17.7 Å². The number of nitrogens with zero attached hydrogens (tertiary/aromatic N) is 3. The van der Waals surface area contributed by atoms with Crippen LogP contribution in [-0.2, 0) is 17.8 Å². The van der Waals surface area contributed by atoms with Crippen LogP contribution >= 0.6 is 0 Å². The van der Waals surface area contributed by atoms with E-state index in [0.717, 1.165) is 18.4 Å². The van der Waals surface area contributed by atoms with Crippen LogP contribution in [0.25, 0.3) is 0 Å². The fraction of sp³-hybridized carbons (Fsp3) is 0.400. The summed E-state index contributed by atoms with van der Waals surface area (Å²) < 4.78 is 1.64. The molecule has 0 unspecified atom stereocenters. The third kappa shape index (κ3) is 5.25. The first-order valence-corrected chi connectivity index (χ1v) is 7.05. The molecule has 6 heteroatoms.